The summed E-state index contributed by atoms with van der Waals surface area (Å²) in [5, 5.41) is 16.0. The number of anilines is 1. The number of hydrogen-bond donors (Lipinski definition) is 3. The lowest BCUT2D eigenvalue weighted by Gasteiger charge is -2.08. The highest BCUT2D eigenvalue weighted by molar-refractivity contribution is 7.08. The SMILES string of the molecule is CCCCNC(=O)c1c(-c2ccsc2)noc1NC(=O)NCc1ccccc1. The molecule has 0 radical (unpaired) electrons. The molecule has 7 nitrogen and oxygen atoms in total. The van der Waals surface area contributed by atoms with Crippen LogP contribution in [0, 0.1) is 0 Å². The predicted octanol–water partition coefficient (Wildman–Crippen LogP) is 4.25. The fourth-order valence-electron chi connectivity index (χ4n) is 2.57. The van der Waals surface area contributed by atoms with Crippen molar-refractivity contribution in [3.63, 3.8) is 0 Å². The number of rotatable bonds is 8. The van der Waals surface area contributed by atoms with Crippen molar-refractivity contribution in [2.45, 2.75) is 26.3 Å². The number of hydrogen-bond acceptors (Lipinski definition) is 5. The second-order valence-electron chi connectivity index (χ2n) is 6.15. The second-order valence-corrected chi connectivity index (χ2v) is 6.93. The summed E-state index contributed by atoms with van der Waals surface area (Å²) < 4.78 is 5.29. The van der Waals surface area contributed by atoms with Gasteiger partial charge in [-0.25, -0.2) is 4.79 Å². The minimum Gasteiger partial charge on any atom is -0.352 e. The normalized spacial score (nSPS) is 10.5. The third kappa shape index (κ3) is 4.98. The Hall–Kier alpha value is -3.13. The molecule has 0 aliphatic carbocycles. The van der Waals surface area contributed by atoms with Gasteiger partial charge in [0.25, 0.3) is 5.91 Å². The molecular formula is C20H22N4O3S. The van der Waals surface area contributed by atoms with Crippen LogP contribution in [-0.4, -0.2) is 23.6 Å². The average molecular weight is 398 g/mol. The lowest BCUT2D eigenvalue weighted by atomic mass is 10.1. The van der Waals surface area contributed by atoms with Gasteiger partial charge in [-0.3, -0.25) is 10.1 Å². The molecule has 1 aromatic carbocycles. The van der Waals surface area contributed by atoms with Crippen molar-refractivity contribution in [2.75, 3.05) is 11.9 Å². The molecule has 0 unspecified atom stereocenters. The van der Waals surface area contributed by atoms with Crippen molar-refractivity contribution in [2.24, 2.45) is 0 Å². The Morgan fingerprint density at radius 3 is 2.68 bits per heavy atom. The van der Waals surface area contributed by atoms with Gasteiger partial charge in [0.1, 0.15) is 11.3 Å². The molecular weight excluding hydrogens is 376 g/mol. The first-order chi connectivity index (χ1) is 13.7. The number of aromatic nitrogens is 1. The van der Waals surface area contributed by atoms with Crippen LogP contribution in [0.2, 0.25) is 0 Å². The molecule has 0 bridgehead atoms. The first kappa shape index (κ1) is 19.6. The van der Waals surface area contributed by atoms with Crippen LogP contribution in [0.3, 0.4) is 0 Å². The van der Waals surface area contributed by atoms with E-state index in [0.717, 1.165) is 24.0 Å². The zero-order valence-electron chi connectivity index (χ0n) is 15.5. The lowest BCUT2D eigenvalue weighted by Crippen LogP contribution is -2.30. The summed E-state index contributed by atoms with van der Waals surface area (Å²) in [6, 6.07) is 10.9. The molecule has 2 heterocycles. The lowest BCUT2D eigenvalue weighted by molar-refractivity contribution is 0.0954. The number of carbonyl (C=O) groups excluding carboxylic acids is 2. The van der Waals surface area contributed by atoms with Crippen molar-refractivity contribution >= 4 is 29.2 Å². The molecule has 0 saturated carbocycles. The third-order valence-electron chi connectivity index (χ3n) is 4.05. The van der Waals surface area contributed by atoms with Crippen molar-refractivity contribution in [3.8, 4) is 11.3 Å². The van der Waals surface area contributed by atoms with Gasteiger partial charge in [-0.05, 0) is 23.4 Å². The van der Waals surface area contributed by atoms with Gasteiger partial charge in [-0.1, -0.05) is 48.8 Å². The molecule has 8 heteroatoms. The van der Waals surface area contributed by atoms with Crippen LogP contribution in [0.25, 0.3) is 11.3 Å². The van der Waals surface area contributed by atoms with Gasteiger partial charge in [-0.15, -0.1) is 0 Å². The Kier molecular flexibility index (Phi) is 6.80. The maximum Gasteiger partial charge on any atom is 0.321 e. The van der Waals surface area contributed by atoms with Crippen molar-refractivity contribution in [1.29, 1.82) is 0 Å². The molecule has 3 amide bonds. The van der Waals surface area contributed by atoms with Crippen LogP contribution >= 0.6 is 11.3 Å². The monoisotopic (exact) mass is 398 g/mol. The molecule has 3 N–H and O–H groups in total. The number of amides is 3. The van der Waals surface area contributed by atoms with E-state index < -0.39 is 6.03 Å². The van der Waals surface area contributed by atoms with E-state index in [1.807, 2.05) is 54.1 Å². The maximum atomic E-state index is 12.7. The zero-order valence-corrected chi connectivity index (χ0v) is 16.3. The summed E-state index contributed by atoms with van der Waals surface area (Å²) in [5.74, 6) is -0.296. The predicted molar refractivity (Wildman–Crippen MR) is 109 cm³/mol. The van der Waals surface area contributed by atoms with Crippen molar-refractivity contribution in [3.05, 3.63) is 58.3 Å². The fraction of sp³-hybridized carbons (Fsp3) is 0.250. The van der Waals surface area contributed by atoms with Gasteiger partial charge < -0.3 is 15.2 Å². The number of nitrogens with zero attached hydrogens (tertiary/aromatic N) is 1. The highest BCUT2D eigenvalue weighted by Crippen LogP contribution is 2.30. The van der Waals surface area contributed by atoms with Gasteiger partial charge in [0.15, 0.2) is 0 Å². The van der Waals surface area contributed by atoms with Crippen molar-refractivity contribution < 1.29 is 14.1 Å². The third-order valence-corrected chi connectivity index (χ3v) is 4.74. The highest BCUT2D eigenvalue weighted by Gasteiger charge is 2.25. The summed E-state index contributed by atoms with van der Waals surface area (Å²) in [6.07, 6.45) is 1.83. The largest absolute Gasteiger partial charge is 0.352 e. The summed E-state index contributed by atoms with van der Waals surface area (Å²) in [5.41, 5.74) is 2.37. The molecule has 2 aromatic heterocycles. The summed E-state index contributed by atoms with van der Waals surface area (Å²) in [6.45, 7) is 2.95. The van der Waals surface area contributed by atoms with Crippen LogP contribution in [0.15, 0.2) is 51.7 Å². The minimum absolute atomic E-state index is 0.0285. The van der Waals surface area contributed by atoms with E-state index in [2.05, 4.69) is 21.1 Å². The highest BCUT2D eigenvalue weighted by atomic mass is 32.1. The van der Waals surface area contributed by atoms with Crippen LogP contribution < -0.4 is 16.0 Å². The summed E-state index contributed by atoms with van der Waals surface area (Å²) in [7, 11) is 0. The van der Waals surface area contributed by atoms with Gasteiger partial charge in [0, 0.05) is 24.0 Å². The van der Waals surface area contributed by atoms with Gasteiger partial charge in [0.05, 0.1) is 0 Å². The van der Waals surface area contributed by atoms with E-state index in [1.54, 1.807) is 0 Å². The first-order valence-electron chi connectivity index (χ1n) is 9.08. The number of thiophene rings is 1. The number of carbonyl (C=O) groups is 2. The van der Waals surface area contributed by atoms with E-state index in [9.17, 15) is 9.59 Å². The smallest absolute Gasteiger partial charge is 0.321 e. The number of unbranched alkanes of at least 4 members (excludes halogenated alkanes) is 1. The average Bonchev–Trinajstić information content (AvgIpc) is 3.37. The Balaban J connectivity index is 1.74. The van der Waals surface area contributed by atoms with Crippen LogP contribution in [0.5, 0.6) is 0 Å². The maximum absolute atomic E-state index is 12.7. The van der Waals surface area contributed by atoms with E-state index in [1.165, 1.54) is 11.3 Å². The van der Waals surface area contributed by atoms with E-state index in [0.29, 0.717) is 18.8 Å². The molecule has 146 valence electrons. The molecule has 0 aliphatic heterocycles. The molecule has 0 aliphatic rings. The second kappa shape index (κ2) is 9.70. The van der Waals surface area contributed by atoms with Crippen molar-refractivity contribution in [1.82, 2.24) is 15.8 Å². The Morgan fingerprint density at radius 1 is 1.14 bits per heavy atom. The topological polar surface area (TPSA) is 96.3 Å². The number of benzene rings is 1. The van der Waals surface area contributed by atoms with Crippen LogP contribution in [0.1, 0.15) is 35.7 Å². The molecule has 28 heavy (non-hydrogen) atoms. The molecule has 3 aromatic rings. The van der Waals surface area contributed by atoms with Gasteiger partial charge >= 0.3 is 6.03 Å². The quantitative estimate of drug-likeness (QED) is 0.494. The molecule has 0 spiro atoms. The summed E-state index contributed by atoms with van der Waals surface area (Å²) in [4.78, 5) is 25.0. The van der Waals surface area contributed by atoms with Gasteiger partial charge in [-0.2, -0.15) is 11.3 Å². The standard InChI is InChI=1S/C20H22N4O3S/c1-2-3-10-21-18(25)16-17(15-9-11-28-13-15)24-27-19(16)23-20(26)22-12-14-7-5-4-6-8-14/h4-9,11,13H,2-3,10,12H2,1H3,(H,21,25)(H2,22,23,26). The van der Waals surface area contributed by atoms with Crippen LogP contribution in [0.4, 0.5) is 10.7 Å². The Bertz CT molecular complexity index is 907. The molecule has 0 fully saturated rings. The fourth-order valence-corrected chi connectivity index (χ4v) is 3.22. The Morgan fingerprint density at radius 2 is 1.96 bits per heavy atom. The van der Waals surface area contributed by atoms with E-state index in [4.69, 9.17) is 4.52 Å². The summed E-state index contributed by atoms with van der Waals surface area (Å²) >= 11 is 1.49. The molecule has 0 atom stereocenters. The zero-order chi connectivity index (χ0) is 19.8. The van der Waals surface area contributed by atoms with E-state index in [-0.39, 0.29) is 17.4 Å². The van der Waals surface area contributed by atoms with Gasteiger partial charge in [0.2, 0.25) is 5.88 Å². The van der Waals surface area contributed by atoms with E-state index >= 15 is 0 Å². The van der Waals surface area contributed by atoms with Crippen LogP contribution in [-0.2, 0) is 6.54 Å². The number of nitrogens with one attached hydrogen (secondary N) is 3. The molecule has 3 rings (SSSR count). The Labute approximate surface area is 167 Å². The minimum atomic E-state index is -0.473. The number of urea groups is 1. The first-order valence-corrected chi connectivity index (χ1v) is 10.0. The molecule has 0 saturated heterocycles.